The Morgan fingerprint density at radius 1 is 1.12 bits per heavy atom. The number of pyridine rings is 1. The molecule has 10 nitrogen and oxygen atoms in total. The van der Waals surface area contributed by atoms with Crippen molar-refractivity contribution >= 4 is 40.7 Å². The van der Waals surface area contributed by atoms with Gasteiger partial charge < -0.3 is 25.4 Å². The van der Waals surface area contributed by atoms with Crippen LogP contribution in [0.1, 0.15) is 44.1 Å². The number of likely N-dealkylation sites (N-methyl/N-ethyl adjacent to an activating group) is 1. The van der Waals surface area contributed by atoms with Crippen LogP contribution in [0.3, 0.4) is 0 Å². The lowest BCUT2D eigenvalue weighted by molar-refractivity contribution is -0.143. The van der Waals surface area contributed by atoms with Crippen LogP contribution in [0.25, 0.3) is 10.8 Å². The van der Waals surface area contributed by atoms with Crippen LogP contribution < -0.4 is 10.6 Å². The Morgan fingerprint density at radius 3 is 2.38 bits per heavy atom. The number of aldehydes is 1. The van der Waals surface area contributed by atoms with Crippen molar-refractivity contribution in [2.24, 2.45) is 5.92 Å². The third-order valence-corrected chi connectivity index (χ3v) is 5.50. The number of benzene rings is 1. The number of fused-ring (bicyclic) bond motifs is 1. The minimum atomic E-state index is -1.24. The number of aliphatic carboxylic acids is 1. The van der Waals surface area contributed by atoms with Crippen LogP contribution in [-0.2, 0) is 19.2 Å². The first kappa shape index (κ1) is 26.4. The Balaban J connectivity index is 2.21. The maximum Gasteiger partial charge on any atom is 0.305 e. The van der Waals surface area contributed by atoms with E-state index in [2.05, 4.69) is 15.6 Å². The van der Waals surface area contributed by atoms with Gasteiger partial charge >= 0.3 is 5.97 Å². The van der Waals surface area contributed by atoms with Crippen LogP contribution in [0.5, 0.6) is 0 Å². The molecule has 0 aliphatic rings. The zero-order valence-corrected chi connectivity index (χ0v) is 19.6. The average molecular weight is 471 g/mol. The van der Waals surface area contributed by atoms with Crippen molar-refractivity contribution in [1.29, 1.82) is 0 Å². The number of carboxylic acids is 1. The summed E-state index contributed by atoms with van der Waals surface area (Å²) >= 11 is 0. The van der Waals surface area contributed by atoms with E-state index in [1.165, 1.54) is 18.1 Å². The average Bonchev–Trinajstić information content (AvgIpc) is 2.80. The molecule has 1 aromatic carbocycles. The van der Waals surface area contributed by atoms with Crippen LogP contribution in [0.2, 0.25) is 0 Å². The topological polar surface area (TPSA) is 146 Å². The molecule has 0 saturated heterocycles. The van der Waals surface area contributed by atoms with Gasteiger partial charge in [-0.1, -0.05) is 45.0 Å². The van der Waals surface area contributed by atoms with Crippen molar-refractivity contribution in [2.75, 3.05) is 7.05 Å². The van der Waals surface area contributed by atoms with Crippen LogP contribution in [-0.4, -0.2) is 70.1 Å². The molecular weight excluding hydrogens is 440 g/mol. The molecule has 0 aliphatic carbocycles. The SMILES string of the molecule is CCC(C(=O)NC(C=O)CC(=O)O)N(C)C(=O)[C@@H](NC(=O)c1nccc2ccccc12)C(C)C. The highest BCUT2D eigenvalue weighted by molar-refractivity contribution is 6.06. The first-order valence-corrected chi connectivity index (χ1v) is 11.0. The van der Waals surface area contributed by atoms with Crippen molar-refractivity contribution in [3.8, 4) is 0 Å². The van der Waals surface area contributed by atoms with Gasteiger partial charge in [0.05, 0.1) is 12.5 Å². The van der Waals surface area contributed by atoms with Crippen LogP contribution in [0.15, 0.2) is 36.5 Å². The van der Waals surface area contributed by atoms with E-state index < -0.39 is 48.2 Å². The maximum absolute atomic E-state index is 13.3. The van der Waals surface area contributed by atoms with E-state index in [9.17, 15) is 24.0 Å². The zero-order chi connectivity index (χ0) is 25.4. The minimum absolute atomic E-state index is 0.187. The molecule has 3 N–H and O–H groups in total. The lowest BCUT2D eigenvalue weighted by Gasteiger charge is -2.32. The van der Waals surface area contributed by atoms with Crippen molar-refractivity contribution in [1.82, 2.24) is 20.5 Å². The van der Waals surface area contributed by atoms with Crippen molar-refractivity contribution in [2.45, 2.75) is 51.7 Å². The van der Waals surface area contributed by atoms with Gasteiger partial charge in [0.2, 0.25) is 11.8 Å². The van der Waals surface area contributed by atoms with Crippen molar-refractivity contribution in [3.63, 3.8) is 0 Å². The molecule has 0 fully saturated rings. The van der Waals surface area contributed by atoms with E-state index in [0.717, 1.165) is 5.39 Å². The lowest BCUT2D eigenvalue weighted by Crippen LogP contribution is -2.56. The van der Waals surface area contributed by atoms with E-state index in [0.29, 0.717) is 11.7 Å². The van der Waals surface area contributed by atoms with Gasteiger partial charge in [-0.25, -0.2) is 0 Å². The predicted octanol–water partition coefficient (Wildman–Crippen LogP) is 1.38. The lowest BCUT2D eigenvalue weighted by atomic mass is 10.0. The molecule has 0 spiro atoms. The number of nitrogens with zero attached hydrogens (tertiary/aromatic N) is 2. The molecule has 2 rings (SSSR count). The smallest absolute Gasteiger partial charge is 0.305 e. The number of nitrogens with one attached hydrogen (secondary N) is 2. The van der Waals surface area contributed by atoms with Crippen LogP contribution in [0.4, 0.5) is 0 Å². The number of rotatable bonds is 11. The fourth-order valence-electron chi connectivity index (χ4n) is 3.63. The van der Waals surface area contributed by atoms with E-state index in [1.807, 2.05) is 12.1 Å². The van der Waals surface area contributed by atoms with Gasteiger partial charge in [-0.05, 0) is 23.8 Å². The monoisotopic (exact) mass is 470 g/mol. The second-order valence-corrected chi connectivity index (χ2v) is 8.30. The predicted molar refractivity (Wildman–Crippen MR) is 125 cm³/mol. The first-order valence-electron chi connectivity index (χ1n) is 11.0. The molecule has 0 bridgehead atoms. The number of carbonyl (C=O) groups is 5. The summed E-state index contributed by atoms with van der Waals surface area (Å²) in [5, 5.41) is 15.5. The Hall–Kier alpha value is -3.82. The molecule has 0 radical (unpaired) electrons. The van der Waals surface area contributed by atoms with Crippen LogP contribution >= 0.6 is 0 Å². The number of aromatic nitrogens is 1. The number of hydrogen-bond acceptors (Lipinski definition) is 6. The second-order valence-electron chi connectivity index (χ2n) is 8.30. The molecule has 34 heavy (non-hydrogen) atoms. The molecule has 3 amide bonds. The summed E-state index contributed by atoms with van der Waals surface area (Å²) in [5.41, 5.74) is 0.187. The van der Waals surface area contributed by atoms with Gasteiger partial charge in [-0.3, -0.25) is 24.2 Å². The van der Waals surface area contributed by atoms with Gasteiger partial charge in [-0.2, -0.15) is 0 Å². The summed E-state index contributed by atoms with van der Waals surface area (Å²) in [7, 11) is 1.43. The van der Waals surface area contributed by atoms with Crippen molar-refractivity contribution < 1.29 is 29.1 Å². The van der Waals surface area contributed by atoms with Gasteiger partial charge in [-0.15, -0.1) is 0 Å². The Morgan fingerprint density at radius 2 is 1.79 bits per heavy atom. The summed E-state index contributed by atoms with van der Waals surface area (Å²) in [6.45, 7) is 5.22. The zero-order valence-electron chi connectivity index (χ0n) is 19.6. The highest BCUT2D eigenvalue weighted by Crippen LogP contribution is 2.17. The maximum atomic E-state index is 13.3. The molecule has 182 valence electrons. The third-order valence-electron chi connectivity index (χ3n) is 5.50. The van der Waals surface area contributed by atoms with Gasteiger partial charge in [0.25, 0.3) is 5.91 Å². The van der Waals surface area contributed by atoms with Gasteiger partial charge in [0.1, 0.15) is 24.1 Å². The Labute approximate surface area is 197 Å². The van der Waals surface area contributed by atoms with E-state index >= 15 is 0 Å². The summed E-state index contributed by atoms with van der Waals surface area (Å²) in [6, 6.07) is 5.94. The summed E-state index contributed by atoms with van der Waals surface area (Å²) in [6.07, 6.45) is 1.52. The molecule has 3 atom stereocenters. The molecule has 0 saturated carbocycles. The number of carbonyl (C=O) groups excluding carboxylic acids is 4. The van der Waals surface area contributed by atoms with Crippen LogP contribution in [0, 0.1) is 5.92 Å². The summed E-state index contributed by atoms with van der Waals surface area (Å²) in [5.74, 6) is -3.20. The van der Waals surface area contributed by atoms with Crippen molar-refractivity contribution in [3.05, 3.63) is 42.2 Å². The number of carboxylic acid groups (broad SMARTS) is 1. The van der Waals surface area contributed by atoms with E-state index in [4.69, 9.17) is 5.11 Å². The Kier molecular flexibility index (Phi) is 9.23. The fraction of sp³-hybridized carbons (Fsp3) is 0.417. The summed E-state index contributed by atoms with van der Waals surface area (Å²) in [4.78, 5) is 66.4. The standard InChI is InChI=1S/C24H30N4O6/c1-5-18(22(32)26-16(13-29)12-19(30)31)28(4)24(34)20(14(2)3)27-23(33)21-17-9-7-6-8-15(17)10-11-25-21/h6-11,13-14,16,18,20H,5,12H2,1-4H3,(H,26,32)(H,27,33)(H,30,31)/t16?,18?,20-/m0/s1. The third kappa shape index (κ3) is 6.37. The number of amides is 3. The number of hydrogen-bond donors (Lipinski definition) is 3. The van der Waals surface area contributed by atoms with Gasteiger partial charge in [0.15, 0.2) is 0 Å². The molecule has 2 unspecified atom stereocenters. The molecular formula is C24H30N4O6. The molecule has 2 aromatic rings. The quantitative estimate of drug-likeness (QED) is 0.421. The molecule has 10 heteroatoms. The minimum Gasteiger partial charge on any atom is -0.481 e. The molecule has 1 heterocycles. The largest absolute Gasteiger partial charge is 0.481 e. The molecule has 1 aromatic heterocycles. The van der Waals surface area contributed by atoms with E-state index in [-0.39, 0.29) is 18.0 Å². The first-order chi connectivity index (χ1) is 16.1. The van der Waals surface area contributed by atoms with Gasteiger partial charge in [0, 0.05) is 18.6 Å². The Bertz CT molecular complexity index is 1070. The fourth-order valence-corrected chi connectivity index (χ4v) is 3.63. The summed E-state index contributed by atoms with van der Waals surface area (Å²) < 4.78 is 0. The van der Waals surface area contributed by atoms with E-state index in [1.54, 1.807) is 39.0 Å². The normalized spacial score (nSPS) is 13.6. The molecule has 0 aliphatic heterocycles. The highest BCUT2D eigenvalue weighted by Gasteiger charge is 2.34. The second kappa shape index (κ2) is 11.9. The highest BCUT2D eigenvalue weighted by atomic mass is 16.4.